The number of hydrogen-bond donors (Lipinski definition) is 1. The molecule has 4 nitrogen and oxygen atoms in total. The highest BCUT2D eigenvalue weighted by Crippen LogP contribution is 2.28. The largest absolute Gasteiger partial charge is 0.310 e. The van der Waals surface area contributed by atoms with Crippen molar-refractivity contribution in [3.8, 4) is 0 Å². The van der Waals surface area contributed by atoms with Crippen molar-refractivity contribution in [2.24, 2.45) is 7.05 Å². The monoisotopic (exact) mass is 301 g/mol. The number of carbonyl (C=O) groups excluding carboxylic acids is 1. The number of amides is 1. The highest BCUT2D eigenvalue weighted by atomic mass is 32.2. The lowest BCUT2D eigenvalue weighted by Crippen LogP contribution is -2.17. The number of nitrogens with one attached hydrogen (secondary N) is 1. The maximum atomic E-state index is 12.2. The Bertz CT molecular complexity index is 661. The Labute approximate surface area is 128 Å². The van der Waals surface area contributed by atoms with Crippen LogP contribution in [0.5, 0.6) is 0 Å². The molecule has 0 unspecified atom stereocenters. The van der Waals surface area contributed by atoms with Gasteiger partial charge in [0.1, 0.15) is 5.82 Å². The Balaban J connectivity index is 1.69. The van der Waals surface area contributed by atoms with Crippen molar-refractivity contribution in [3.05, 3.63) is 41.1 Å². The van der Waals surface area contributed by atoms with Gasteiger partial charge in [-0.3, -0.25) is 9.48 Å². The van der Waals surface area contributed by atoms with E-state index in [1.54, 1.807) is 16.4 Å². The first-order valence-electron chi connectivity index (χ1n) is 7.15. The molecular weight excluding hydrogens is 282 g/mol. The fourth-order valence-corrected chi connectivity index (χ4v) is 3.19. The molecule has 1 aliphatic carbocycles. The lowest BCUT2D eigenvalue weighted by atomic mass is 10.1. The third kappa shape index (κ3) is 2.97. The molecule has 0 atom stereocenters. The Morgan fingerprint density at radius 2 is 2.10 bits per heavy atom. The van der Waals surface area contributed by atoms with Crippen LogP contribution in [0.15, 0.2) is 29.2 Å². The zero-order valence-corrected chi connectivity index (χ0v) is 13.2. The number of carbonyl (C=O) groups is 1. The summed E-state index contributed by atoms with van der Waals surface area (Å²) in [4.78, 5) is 13.4. The first-order valence-corrected chi connectivity index (χ1v) is 8.37. The van der Waals surface area contributed by atoms with Gasteiger partial charge in [0.05, 0.1) is 12.1 Å². The molecule has 0 saturated carbocycles. The molecule has 0 spiro atoms. The Kier molecular flexibility index (Phi) is 4.01. The molecule has 0 aliphatic heterocycles. The highest BCUT2D eigenvalue weighted by molar-refractivity contribution is 7.98. The molecule has 110 valence electrons. The summed E-state index contributed by atoms with van der Waals surface area (Å²) in [5.41, 5.74) is 3.38. The molecule has 5 heteroatoms. The summed E-state index contributed by atoms with van der Waals surface area (Å²) in [5, 5.41) is 7.50. The van der Waals surface area contributed by atoms with E-state index in [0.717, 1.165) is 36.3 Å². The molecule has 3 rings (SSSR count). The normalized spacial score (nSPS) is 13.2. The fraction of sp³-hybridized carbons (Fsp3) is 0.375. The summed E-state index contributed by atoms with van der Waals surface area (Å²) < 4.78 is 1.79. The number of thioether (sulfide) groups is 1. The van der Waals surface area contributed by atoms with Crippen LogP contribution >= 0.6 is 11.8 Å². The Morgan fingerprint density at radius 3 is 2.81 bits per heavy atom. The minimum absolute atomic E-state index is 0.0181. The summed E-state index contributed by atoms with van der Waals surface area (Å²) >= 11 is 1.70. The number of anilines is 1. The predicted octanol–water partition coefficient (Wildman–Crippen LogP) is 2.81. The first-order chi connectivity index (χ1) is 10.2. The van der Waals surface area contributed by atoms with Gasteiger partial charge in [-0.05, 0) is 43.2 Å². The van der Waals surface area contributed by atoms with Crippen molar-refractivity contribution in [2.45, 2.75) is 30.6 Å². The van der Waals surface area contributed by atoms with Crippen LogP contribution in [0.25, 0.3) is 0 Å². The smallest absolute Gasteiger partial charge is 0.229 e. The third-order valence-electron chi connectivity index (χ3n) is 3.85. The lowest BCUT2D eigenvalue weighted by Gasteiger charge is -2.08. The van der Waals surface area contributed by atoms with E-state index >= 15 is 0 Å². The van der Waals surface area contributed by atoms with Crippen LogP contribution in [-0.2, 0) is 31.1 Å². The maximum Gasteiger partial charge on any atom is 0.229 e. The van der Waals surface area contributed by atoms with Gasteiger partial charge < -0.3 is 5.32 Å². The van der Waals surface area contributed by atoms with Gasteiger partial charge in [-0.2, -0.15) is 5.10 Å². The van der Waals surface area contributed by atoms with Crippen LogP contribution in [0.2, 0.25) is 0 Å². The minimum atomic E-state index is 0.0181. The molecule has 1 heterocycles. The lowest BCUT2D eigenvalue weighted by molar-refractivity contribution is -0.115. The number of aryl methyl sites for hydroxylation is 2. The van der Waals surface area contributed by atoms with Crippen molar-refractivity contribution in [2.75, 3.05) is 11.6 Å². The summed E-state index contributed by atoms with van der Waals surface area (Å²) in [6, 6.07) is 8.13. The molecule has 1 aliphatic rings. The van der Waals surface area contributed by atoms with E-state index in [2.05, 4.69) is 22.5 Å². The van der Waals surface area contributed by atoms with Crippen molar-refractivity contribution in [1.29, 1.82) is 0 Å². The van der Waals surface area contributed by atoms with Gasteiger partial charge >= 0.3 is 0 Å². The molecular formula is C16H19N3OS. The summed E-state index contributed by atoms with van der Waals surface area (Å²) in [7, 11) is 1.89. The second-order valence-corrected chi connectivity index (χ2v) is 6.20. The highest BCUT2D eigenvalue weighted by Gasteiger charge is 2.21. The van der Waals surface area contributed by atoms with E-state index in [9.17, 15) is 4.79 Å². The number of benzene rings is 1. The molecule has 2 aromatic rings. The van der Waals surface area contributed by atoms with Crippen molar-refractivity contribution < 1.29 is 4.79 Å². The van der Waals surface area contributed by atoms with E-state index in [1.165, 1.54) is 10.5 Å². The van der Waals surface area contributed by atoms with E-state index in [0.29, 0.717) is 6.42 Å². The number of hydrogen-bond acceptors (Lipinski definition) is 3. The molecule has 0 fully saturated rings. The van der Waals surface area contributed by atoms with Gasteiger partial charge in [0, 0.05) is 17.5 Å². The van der Waals surface area contributed by atoms with Crippen molar-refractivity contribution >= 4 is 23.5 Å². The number of aromatic nitrogens is 2. The molecule has 21 heavy (non-hydrogen) atoms. The second kappa shape index (κ2) is 5.93. The average Bonchev–Trinajstić information content (AvgIpc) is 3.03. The predicted molar refractivity (Wildman–Crippen MR) is 85.8 cm³/mol. The number of nitrogens with zero attached hydrogens (tertiary/aromatic N) is 2. The molecule has 1 aromatic heterocycles. The van der Waals surface area contributed by atoms with Crippen LogP contribution < -0.4 is 5.32 Å². The molecule has 0 radical (unpaired) electrons. The maximum absolute atomic E-state index is 12.2. The minimum Gasteiger partial charge on any atom is -0.310 e. The molecule has 1 amide bonds. The van der Waals surface area contributed by atoms with E-state index < -0.39 is 0 Å². The quantitative estimate of drug-likeness (QED) is 0.883. The van der Waals surface area contributed by atoms with Gasteiger partial charge in [0.25, 0.3) is 0 Å². The van der Waals surface area contributed by atoms with Crippen LogP contribution in [-0.4, -0.2) is 21.9 Å². The summed E-state index contributed by atoms with van der Waals surface area (Å²) in [6.07, 6.45) is 5.62. The number of rotatable bonds is 4. The van der Waals surface area contributed by atoms with Crippen LogP contribution in [0, 0.1) is 0 Å². The van der Waals surface area contributed by atoms with Gasteiger partial charge in [-0.15, -0.1) is 11.8 Å². The standard InChI is InChI=1S/C16H19N3OS/c1-19-16(13-4-3-5-14(13)18-19)17-15(20)10-11-6-8-12(21-2)9-7-11/h6-9H,3-5,10H2,1-2H3,(H,17,20). The van der Waals surface area contributed by atoms with E-state index in [-0.39, 0.29) is 5.91 Å². The van der Waals surface area contributed by atoms with Crippen LogP contribution in [0.3, 0.4) is 0 Å². The average molecular weight is 301 g/mol. The van der Waals surface area contributed by atoms with E-state index in [4.69, 9.17) is 0 Å². The third-order valence-corrected chi connectivity index (χ3v) is 4.59. The van der Waals surface area contributed by atoms with E-state index in [1.807, 2.05) is 25.4 Å². The van der Waals surface area contributed by atoms with Crippen molar-refractivity contribution in [1.82, 2.24) is 9.78 Å². The first kappa shape index (κ1) is 14.2. The van der Waals surface area contributed by atoms with Crippen LogP contribution in [0.4, 0.5) is 5.82 Å². The van der Waals surface area contributed by atoms with Gasteiger partial charge in [0.15, 0.2) is 0 Å². The fourth-order valence-electron chi connectivity index (χ4n) is 2.78. The zero-order valence-electron chi connectivity index (χ0n) is 12.3. The number of fused-ring (bicyclic) bond motifs is 1. The SMILES string of the molecule is CSc1ccc(CC(=O)Nc2c3c(nn2C)CCC3)cc1. The Hall–Kier alpha value is -1.75. The summed E-state index contributed by atoms with van der Waals surface area (Å²) in [6.45, 7) is 0. The van der Waals surface area contributed by atoms with Crippen molar-refractivity contribution in [3.63, 3.8) is 0 Å². The second-order valence-electron chi connectivity index (χ2n) is 5.32. The summed E-state index contributed by atoms with van der Waals surface area (Å²) in [5.74, 6) is 0.887. The zero-order chi connectivity index (χ0) is 14.8. The topological polar surface area (TPSA) is 46.9 Å². The molecule has 0 bridgehead atoms. The molecule has 1 aromatic carbocycles. The van der Waals surface area contributed by atoms with Gasteiger partial charge in [-0.25, -0.2) is 0 Å². The molecule has 0 saturated heterocycles. The Morgan fingerprint density at radius 1 is 1.33 bits per heavy atom. The van der Waals surface area contributed by atoms with Crippen LogP contribution in [0.1, 0.15) is 23.2 Å². The molecule has 1 N–H and O–H groups in total. The van der Waals surface area contributed by atoms with Gasteiger partial charge in [0.2, 0.25) is 5.91 Å². The van der Waals surface area contributed by atoms with Gasteiger partial charge in [-0.1, -0.05) is 12.1 Å².